The van der Waals surface area contributed by atoms with Crippen molar-refractivity contribution < 1.29 is 13.9 Å². The van der Waals surface area contributed by atoms with Crippen LogP contribution in [0.1, 0.15) is 17.5 Å². The summed E-state index contributed by atoms with van der Waals surface area (Å²) >= 11 is 0. The molecule has 4 heteroatoms. The molecule has 0 radical (unpaired) electrons. The molecule has 1 saturated heterocycles. The first-order valence-electron chi connectivity index (χ1n) is 13.0. The molecule has 5 aromatic rings. The molecular weight excluding hydrogens is 461 g/mol. The molecule has 0 bridgehead atoms. The van der Waals surface area contributed by atoms with Crippen LogP contribution in [-0.4, -0.2) is 31.2 Å². The fourth-order valence-electron chi connectivity index (χ4n) is 6.07. The first-order chi connectivity index (χ1) is 18.2. The van der Waals surface area contributed by atoms with Gasteiger partial charge in [-0.2, -0.15) is 0 Å². The second-order valence-electron chi connectivity index (χ2n) is 9.99. The summed E-state index contributed by atoms with van der Waals surface area (Å²) in [5.41, 5.74) is 3.33. The zero-order chi connectivity index (χ0) is 24.8. The summed E-state index contributed by atoms with van der Waals surface area (Å²) in [7, 11) is 0. The third kappa shape index (κ3) is 3.84. The van der Waals surface area contributed by atoms with Gasteiger partial charge in [0.15, 0.2) is 0 Å². The summed E-state index contributed by atoms with van der Waals surface area (Å²) in [5.74, 6) is -1.14. The predicted octanol–water partition coefficient (Wildman–Crippen LogP) is 7.32. The van der Waals surface area contributed by atoms with E-state index in [1.807, 2.05) is 0 Å². The summed E-state index contributed by atoms with van der Waals surface area (Å²) in [4.78, 5) is 2.47. The largest absolute Gasteiger partial charge is 0.340 e. The zero-order valence-electron chi connectivity index (χ0n) is 20.6. The van der Waals surface area contributed by atoms with Crippen molar-refractivity contribution in [3.63, 3.8) is 0 Å². The van der Waals surface area contributed by atoms with E-state index in [2.05, 4.69) is 77.7 Å². The van der Waals surface area contributed by atoms with E-state index >= 15 is 0 Å². The summed E-state index contributed by atoms with van der Waals surface area (Å²) in [6.45, 7) is 3.69. The van der Waals surface area contributed by atoms with Crippen LogP contribution < -0.4 is 0 Å². The molecule has 0 aromatic heterocycles. The van der Waals surface area contributed by atoms with Gasteiger partial charge in [-0.3, -0.25) is 4.90 Å². The first-order valence-corrected chi connectivity index (χ1v) is 13.0. The third-order valence-electron chi connectivity index (χ3n) is 7.90. The number of rotatable bonds is 4. The van der Waals surface area contributed by atoms with Crippen LogP contribution in [0.15, 0.2) is 103 Å². The molecule has 184 valence electrons. The van der Waals surface area contributed by atoms with E-state index in [1.54, 1.807) is 12.1 Å². The van der Waals surface area contributed by atoms with Gasteiger partial charge in [0.05, 0.1) is 13.2 Å². The lowest BCUT2D eigenvalue weighted by molar-refractivity contribution is -0.137. The lowest BCUT2D eigenvalue weighted by Crippen LogP contribution is -2.36. The molecule has 37 heavy (non-hydrogen) atoms. The normalized spacial score (nSPS) is 18.0. The van der Waals surface area contributed by atoms with E-state index in [-0.39, 0.29) is 5.82 Å². The molecule has 0 amide bonds. The minimum atomic E-state index is -0.888. The first kappa shape index (κ1) is 22.6. The molecule has 0 aliphatic carbocycles. The van der Waals surface area contributed by atoms with E-state index in [1.165, 1.54) is 50.0 Å². The van der Waals surface area contributed by atoms with Crippen LogP contribution in [-0.2, 0) is 21.8 Å². The molecule has 0 saturated carbocycles. The highest BCUT2D eigenvalue weighted by Gasteiger charge is 2.43. The minimum absolute atomic E-state index is 0.253. The average Bonchev–Trinajstić information content (AvgIpc) is 3.45. The zero-order valence-corrected chi connectivity index (χ0v) is 20.6. The van der Waals surface area contributed by atoms with Crippen molar-refractivity contribution >= 4 is 32.3 Å². The molecule has 2 aliphatic heterocycles. The molecule has 0 spiro atoms. The molecule has 2 heterocycles. The maximum absolute atomic E-state index is 13.6. The van der Waals surface area contributed by atoms with Gasteiger partial charge in [0.2, 0.25) is 5.79 Å². The number of halogens is 1. The quantitative estimate of drug-likeness (QED) is 0.195. The van der Waals surface area contributed by atoms with Crippen molar-refractivity contribution in [2.75, 3.05) is 26.3 Å². The van der Waals surface area contributed by atoms with Gasteiger partial charge in [-0.25, -0.2) is 4.39 Å². The summed E-state index contributed by atoms with van der Waals surface area (Å²) < 4.78 is 25.9. The van der Waals surface area contributed by atoms with Crippen molar-refractivity contribution in [1.82, 2.24) is 4.90 Å². The lowest BCUT2D eigenvalue weighted by atomic mass is 9.91. The maximum atomic E-state index is 13.6. The number of hydrogen-bond donors (Lipinski definition) is 0. The maximum Gasteiger partial charge on any atom is 0.218 e. The van der Waals surface area contributed by atoms with Crippen molar-refractivity contribution in [3.8, 4) is 0 Å². The molecule has 0 N–H and O–H groups in total. The summed E-state index contributed by atoms with van der Waals surface area (Å²) in [6, 6.07) is 30.8. The van der Waals surface area contributed by atoms with Gasteiger partial charge < -0.3 is 9.47 Å². The third-order valence-corrected chi connectivity index (χ3v) is 7.90. The number of hydrogen-bond acceptors (Lipinski definition) is 3. The average molecular weight is 490 g/mol. The van der Waals surface area contributed by atoms with Crippen molar-refractivity contribution in [2.24, 2.45) is 0 Å². The Labute approximate surface area is 215 Å². The Balaban J connectivity index is 1.18. The highest BCUT2D eigenvalue weighted by atomic mass is 19.1. The fraction of sp³-hybridized carbons (Fsp3) is 0.212. The van der Waals surface area contributed by atoms with Gasteiger partial charge in [0, 0.05) is 25.2 Å². The van der Waals surface area contributed by atoms with Crippen LogP contribution >= 0.6 is 0 Å². The number of benzene rings is 5. The molecule has 3 nitrogen and oxygen atoms in total. The molecule has 0 unspecified atom stereocenters. The van der Waals surface area contributed by atoms with Gasteiger partial charge in [-0.15, -0.1) is 0 Å². The van der Waals surface area contributed by atoms with Crippen LogP contribution in [0.2, 0.25) is 0 Å². The molecule has 5 aromatic carbocycles. The molecule has 2 aliphatic rings. The Morgan fingerprint density at radius 2 is 1.41 bits per heavy atom. The standard InChI is InChI=1S/C33H28FNO2/c34-27-11-9-25(10-12-27)33(36-20-21-37-33)26-16-18-35(19-17-26)22-24-5-3-7-30-29(24)14-15-31-28-6-2-1-4-23(28)8-13-32(30)31/h1-16H,17-22H2. The minimum Gasteiger partial charge on any atom is -0.340 e. The molecule has 0 atom stereocenters. The van der Waals surface area contributed by atoms with E-state index in [4.69, 9.17) is 9.47 Å². The van der Waals surface area contributed by atoms with Crippen LogP contribution in [0, 0.1) is 5.82 Å². The predicted molar refractivity (Wildman–Crippen MR) is 147 cm³/mol. The van der Waals surface area contributed by atoms with Gasteiger partial charge in [0.1, 0.15) is 5.82 Å². The Kier molecular flexibility index (Phi) is 5.54. The van der Waals surface area contributed by atoms with Crippen molar-refractivity contribution in [3.05, 3.63) is 120 Å². The number of fused-ring (bicyclic) bond motifs is 5. The number of nitrogens with zero attached hydrogens (tertiary/aromatic N) is 1. The van der Waals surface area contributed by atoms with Crippen molar-refractivity contribution in [1.29, 1.82) is 0 Å². The van der Waals surface area contributed by atoms with Gasteiger partial charge >= 0.3 is 0 Å². The Bertz CT molecular complexity index is 1650. The summed E-state index contributed by atoms with van der Waals surface area (Å²) in [6.07, 6.45) is 3.09. The lowest BCUT2D eigenvalue weighted by Gasteiger charge is -2.35. The molecule has 7 rings (SSSR count). The van der Waals surface area contributed by atoms with Crippen molar-refractivity contribution in [2.45, 2.75) is 18.8 Å². The van der Waals surface area contributed by atoms with E-state index < -0.39 is 5.79 Å². The van der Waals surface area contributed by atoms with E-state index in [0.717, 1.165) is 37.2 Å². The second-order valence-corrected chi connectivity index (χ2v) is 9.99. The van der Waals surface area contributed by atoms with Crippen LogP contribution in [0.25, 0.3) is 32.3 Å². The number of ether oxygens (including phenoxy) is 2. The van der Waals surface area contributed by atoms with E-state index in [0.29, 0.717) is 13.2 Å². The Hall–Kier alpha value is -3.57. The molecular formula is C33H28FNO2. The fourth-order valence-corrected chi connectivity index (χ4v) is 6.07. The van der Waals surface area contributed by atoms with Crippen LogP contribution in [0.5, 0.6) is 0 Å². The Morgan fingerprint density at radius 1 is 0.703 bits per heavy atom. The van der Waals surface area contributed by atoms with Crippen LogP contribution in [0.4, 0.5) is 4.39 Å². The highest BCUT2D eigenvalue weighted by Crippen LogP contribution is 2.41. The van der Waals surface area contributed by atoms with Gasteiger partial charge in [0.25, 0.3) is 0 Å². The summed E-state index contributed by atoms with van der Waals surface area (Å²) in [5, 5.41) is 7.79. The van der Waals surface area contributed by atoms with Gasteiger partial charge in [-0.05, 0) is 62.0 Å². The SMILES string of the molecule is Fc1ccc(C2(C3=CCN(Cc4cccc5c4ccc4c6ccccc6ccc54)CC3)OCCO2)cc1. The second kappa shape index (κ2) is 9.07. The smallest absolute Gasteiger partial charge is 0.218 e. The molecule has 1 fully saturated rings. The Morgan fingerprint density at radius 3 is 2.22 bits per heavy atom. The highest BCUT2D eigenvalue weighted by molar-refractivity contribution is 6.17. The topological polar surface area (TPSA) is 21.7 Å². The van der Waals surface area contributed by atoms with Gasteiger partial charge in [-0.1, -0.05) is 84.9 Å². The van der Waals surface area contributed by atoms with E-state index in [9.17, 15) is 4.39 Å². The monoisotopic (exact) mass is 489 g/mol. The van der Waals surface area contributed by atoms with Crippen LogP contribution in [0.3, 0.4) is 0 Å².